The van der Waals surface area contributed by atoms with Crippen LogP contribution in [-0.4, -0.2) is 43.5 Å². The summed E-state index contributed by atoms with van der Waals surface area (Å²) in [6, 6.07) is 5.30. The highest BCUT2D eigenvalue weighted by molar-refractivity contribution is 6.31. The van der Waals surface area contributed by atoms with Crippen LogP contribution >= 0.6 is 11.6 Å². The molecule has 0 saturated heterocycles. The van der Waals surface area contributed by atoms with E-state index in [2.05, 4.69) is 5.32 Å². The van der Waals surface area contributed by atoms with Gasteiger partial charge in [0.15, 0.2) is 0 Å². The lowest BCUT2D eigenvalue weighted by Crippen LogP contribution is -2.35. The lowest BCUT2D eigenvalue weighted by molar-refractivity contribution is -0.142. The van der Waals surface area contributed by atoms with Gasteiger partial charge in [-0.2, -0.15) is 0 Å². The van der Waals surface area contributed by atoms with Gasteiger partial charge in [0.25, 0.3) is 0 Å². The lowest BCUT2D eigenvalue weighted by atomic mass is 10.2. The zero-order valence-electron chi connectivity index (χ0n) is 11.7. The van der Waals surface area contributed by atoms with Gasteiger partial charge in [-0.3, -0.25) is 4.79 Å². The van der Waals surface area contributed by atoms with Crippen molar-refractivity contribution in [3.63, 3.8) is 0 Å². The summed E-state index contributed by atoms with van der Waals surface area (Å²) in [4.78, 5) is 11.1. The largest absolute Gasteiger partial charge is 0.491 e. The molecule has 1 rings (SSSR count). The molecule has 0 fully saturated rings. The van der Waals surface area contributed by atoms with Crippen LogP contribution in [0, 0.1) is 6.92 Å². The van der Waals surface area contributed by atoms with Crippen molar-refractivity contribution in [3.8, 4) is 5.75 Å². The molecule has 0 spiro atoms. The molecule has 20 heavy (non-hydrogen) atoms. The summed E-state index contributed by atoms with van der Waals surface area (Å²) in [5, 5.41) is 13.2. The number of esters is 1. The summed E-state index contributed by atoms with van der Waals surface area (Å²) in [5.74, 6) is 0.310. The van der Waals surface area contributed by atoms with Gasteiger partial charge in [-0.15, -0.1) is 0 Å². The standard InChI is InChI=1S/C14H20ClNO4/c1-3-19-14(18)8-16-7-11(17)9-20-12-4-5-13(15)10(2)6-12/h4-6,11,16-17H,3,7-9H2,1-2H3. The third kappa shape index (κ3) is 6.23. The van der Waals surface area contributed by atoms with E-state index in [0.29, 0.717) is 17.4 Å². The van der Waals surface area contributed by atoms with Crippen LogP contribution in [0.2, 0.25) is 5.02 Å². The Morgan fingerprint density at radius 1 is 1.50 bits per heavy atom. The maximum absolute atomic E-state index is 11.1. The molecule has 112 valence electrons. The number of aryl methyl sites for hydroxylation is 1. The van der Waals surface area contributed by atoms with Crippen LogP contribution in [0.5, 0.6) is 5.75 Å². The number of aliphatic hydroxyl groups is 1. The minimum Gasteiger partial charge on any atom is -0.491 e. The number of hydrogen-bond acceptors (Lipinski definition) is 5. The van der Waals surface area contributed by atoms with Crippen LogP contribution in [0.25, 0.3) is 0 Å². The second kappa shape index (κ2) is 8.79. The number of carbonyl (C=O) groups excluding carboxylic acids is 1. The number of ether oxygens (including phenoxy) is 2. The first-order chi connectivity index (χ1) is 9.52. The molecule has 1 unspecified atom stereocenters. The predicted octanol–water partition coefficient (Wildman–Crippen LogP) is 1.54. The van der Waals surface area contributed by atoms with Crippen LogP contribution in [0.1, 0.15) is 12.5 Å². The molecule has 6 heteroatoms. The van der Waals surface area contributed by atoms with Gasteiger partial charge < -0.3 is 19.9 Å². The van der Waals surface area contributed by atoms with Crippen molar-refractivity contribution in [2.45, 2.75) is 20.0 Å². The van der Waals surface area contributed by atoms with Gasteiger partial charge in [0, 0.05) is 11.6 Å². The zero-order chi connectivity index (χ0) is 15.0. The van der Waals surface area contributed by atoms with Gasteiger partial charge in [0.1, 0.15) is 18.5 Å². The number of carbonyl (C=O) groups is 1. The highest BCUT2D eigenvalue weighted by Gasteiger charge is 2.07. The fourth-order valence-electron chi connectivity index (χ4n) is 1.51. The number of hydrogen-bond donors (Lipinski definition) is 2. The number of halogens is 1. The molecule has 0 saturated carbocycles. The summed E-state index contributed by atoms with van der Waals surface area (Å²) in [6.07, 6.45) is -0.708. The monoisotopic (exact) mass is 301 g/mol. The van der Waals surface area contributed by atoms with Gasteiger partial charge in [-0.05, 0) is 37.6 Å². The van der Waals surface area contributed by atoms with Gasteiger partial charge in [0.2, 0.25) is 0 Å². The van der Waals surface area contributed by atoms with Gasteiger partial charge >= 0.3 is 5.97 Å². The SMILES string of the molecule is CCOC(=O)CNCC(O)COc1ccc(Cl)c(C)c1. The second-order valence-corrected chi connectivity index (χ2v) is 4.72. The molecule has 0 aliphatic rings. The van der Waals surface area contributed by atoms with Crippen molar-refractivity contribution < 1.29 is 19.4 Å². The van der Waals surface area contributed by atoms with Crippen LogP contribution in [0.15, 0.2) is 18.2 Å². The van der Waals surface area contributed by atoms with Gasteiger partial charge in [-0.25, -0.2) is 0 Å². The number of aliphatic hydroxyl groups excluding tert-OH is 1. The Balaban J connectivity index is 2.24. The van der Waals surface area contributed by atoms with Crippen molar-refractivity contribution >= 4 is 17.6 Å². The zero-order valence-corrected chi connectivity index (χ0v) is 12.4. The second-order valence-electron chi connectivity index (χ2n) is 4.31. The molecule has 0 aliphatic carbocycles. The van der Waals surface area contributed by atoms with E-state index in [1.165, 1.54) is 0 Å². The Labute approximate surface area is 123 Å². The third-order valence-electron chi connectivity index (χ3n) is 2.53. The number of nitrogens with one attached hydrogen (secondary N) is 1. The molecule has 1 aromatic carbocycles. The van der Waals surface area contributed by atoms with Crippen molar-refractivity contribution in [2.24, 2.45) is 0 Å². The molecular weight excluding hydrogens is 282 g/mol. The van der Waals surface area contributed by atoms with E-state index in [4.69, 9.17) is 21.1 Å². The minimum absolute atomic E-state index is 0.0744. The molecule has 1 atom stereocenters. The average Bonchev–Trinajstić information content (AvgIpc) is 2.40. The Kier molecular flexibility index (Phi) is 7.36. The molecule has 0 aromatic heterocycles. The van der Waals surface area contributed by atoms with Crippen molar-refractivity contribution in [1.82, 2.24) is 5.32 Å². The molecule has 0 amide bonds. The first-order valence-electron chi connectivity index (χ1n) is 6.46. The minimum atomic E-state index is -0.708. The summed E-state index contributed by atoms with van der Waals surface area (Å²) in [5.41, 5.74) is 0.916. The smallest absolute Gasteiger partial charge is 0.319 e. The Morgan fingerprint density at radius 3 is 2.90 bits per heavy atom. The summed E-state index contributed by atoms with van der Waals surface area (Å²) < 4.78 is 10.2. The maximum Gasteiger partial charge on any atom is 0.319 e. The highest BCUT2D eigenvalue weighted by atomic mass is 35.5. The van der Waals surface area contributed by atoms with Crippen LogP contribution in [-0.2, 0) is 9.53 Å². The van der Waals surface area contributed by atoms with Crippen LogP contribution < -0.4 is 10.1 Å². The normalized spacial score (nSPS) is 12.0. The fourth-order valence-corrected chi connectivity index (χ4v) is 1.63. The van der Waals surface area contributed by atoms with E-state index in [1.807, 2.05) is 6.92 Å². The molecule has 0 bridgehead atoms. The van der Waals surface area contributed by atoms with Crippen molar-refractivity contribution in [3.05, 3.63) is 28.8 Å². The van der Waals surface area contributed by atoms with E-state index >= 15 is 0 Å². The van der Waals surface area contributed by atoms with E-state index in [1.54, 1.807) is 25.1 Å². The van der Waals surface area contributed by atoms with Gasteiger partial charge in [-0.1, -0.05) is 11.6 Å². The van der Waals surface area contributed by atoms with Gasteiger partial charge in [0.05, 0.1) is 13.2 Å². The first-order valence-corrected chi connectivity index (χ1v) is 6.84. The summed E-state index contributed by atoms with van der Waals surface area (Å²) in [7, 11) is 0. The third-order valence-corrected chi connectivity index (χ3v) is 2.95. The average molecular weight is 302 g/mol. The Bertz CT molecular complexity index is 439. The number of benzene rings is 1. The highest BCUT2D eigenvalue weighted by Crippen LogP contribution is 2.20. The van der Waals surface area contributed by atoms with E-state index in [-0.39, 0.29) is 25.7 Å². The lowest BCUT2D eigenvalue weighted by Gasteiger charge is -2.13. The summed E-state index contributed by atoms with van der Waals surface area (Å²) >= 11 is 5.91. The number of rotatable bonds is 8. The van der Waals surface area contributed by atoms with Crippen LogP contribution in [0.3, 0.4) is 0 Å². The molecule has 0 heterocycles. The van der Waals surface area contributed by atoms with Crippen molar-refractivity contribution in [1.29, 1.82) is 0 Å². The van der Waals surface area contributed by atoms with E-state index in [9.17, 15) is 9.90 Å². The van der Waals surface area contributed by atoms with E-state index in [0.717, 1.165) is 5.56 Å². The molecule has 1 aromatic rings. The fraction of sp³-hybridized carbons (Fsp3) is 0.500. The molecule has 5 nitrogen and oxygen atoms in total. The quantitative estimate of drug-likeness (QED) is 0.713. The molecule has 0 radical (unpaired) electrons. The summed E-state index contributed by atoms with van der Waals surface area (Å²) in [6.45, 7) is 4.44. The van der Waals surface area contributed by atoms with Crippen LogP contribution in [0.4, 0.5) is 0 Å². The topological polar surface area (TPSA) is 67.8 Å². The molecular formula is C14H20ClNO4. The Hall–Kier alpha value is -1.30. The predicted molar refractivity (Wildman–Crippen MR) is 77.2 cm³/mol. The van der Waals surface area contributed by atoms with E-state index < -0.39 is 6.10 Å². The first kappa shape index (κ1) is 16.8. The molecule has 0 aliphatic heterocycles. The molecule has 2 N–H and O–H groups in total. The van der Waals surface area contributed by atoms with Crippen molar-refractivity contribution in [2.75, 3.05) is 26.3 Å². The maximum atomic E-state index is 11.1. The Morgan fingerprint density at radius 2 is 2.25 bits per heavy atom.